The molecule has 8 heteroatoms. The molecular formula is C17H24N4O3S. The van der Waals surface area contributed by atoms with E-state index < -0.39 is 15.4 Å². The number of amides is 2. The monoisotopic (exact) mass is 364 g/mol. The highest BCUT2D eigenvalue weighted by Gasteiger charge is 2.38. The average molecular weight is 364 g/mol. The van der Waals surface area contributed by atoms with Gasteiger partial charge in [-0.05, 0) is 50.5 Å². The number of sulfone groups is 1. The maximum atomic E-state index is 12.0. The summed E-state index contributed by atoms with van der Waals surface area (Å²) in [6, 6.07) is 5.66. The summed E-state index contributed by atoms with van der Waals surface area (Å²) in [5, 5.41) is 3.93. The van der Waals surface area contributed by atoms with Gasteiger partial charge in [-0.15, -0.1) is 0 Å². The zero-order valence-corrected chi connectivity index (χ0v) is 15.5. The van der Waals surface area contributed by atoms with Gasteiger partial charge in [-0.25, -0.2) is 18.6 Å². The Kier molecular flexibility index (Phi) is 4.51. The number of aromatic nitrogens is 1. The van der Waals surface area contributed by atoms with Crippen LogP contribution in [0.5, 0.6) is 0 Å². The molecule has 1 unspecified atom stereocenters. The van der Waals surface area contributed by atoms with Gasteiger partial charge in [0.25, 0.3) is 0 Å². The van der Waals surface area contributed by atoms with Crippen LogP contribution in [0.15, 0.2) is 18.2 Å². The summed E-state index contributed by atoms with van der Waals surface area (Å²) in [5.74, 6) is 0.179. The largest absolute Gasteiger partial charge is 0.358 e. The van der Waals surface area contributed by atoms with E-state index in [1.165, 1.54) is 5.56 Å². The minimum Gasteiger partial charge on any atom is -0.358 e. The lowest BCUT2D eigenvalue weighted by molar-refractivity contribution is 0.227. The van der Waals surface area contributed by atoms with Crippen LogP contribution in [-0.2, 0) is 16.4 Å². The van der Waals surface area contributed by atoms with E-state index in [1.807, 2.05) is 19.1 Å². The molecule has 1 aliphatic rings. The standard InChI is InChI=1S/C17H24N4O3S/c1-11-12(2)19-15-5-4-13(8-14(11)15)9-18-16(22)20-21-17(3)6-7-25(23,24)10-17/h4-5,8,19,21H,6-7,9-10H2,1-3H3,(H2,18,20,22). The number of fused-ring (bicyclic) bond motifs is 1. The van der Waals surface area contributed by atoms with E-state index >= 15 is 0 Å². The Bertz CT molecular complexity index is 919. The summed E-state index contributed by atoms with van der Waals surface area (Å²) in [4.78, 5) is 15.3. The number of aromatic amines is 1. The molecule has 1 aromatic heterocycles. The van der Waals surface area contributed by atoms with E-state index in [0.717, 1.165) is 22.2 Å². The first-order valence-corrected chi connectivity index (χ1v) is 10.1. The van der Waals surface area contributed by atoms with E-state index in [2.05, 4.69) is 34.1 Å². The highest BCUT2D eigenvalue weighted by molar-refractivity contribution is 7.91. The molecule has 0 bridgehead atoms. The topological polar surface area (TPSA) is 103 Å². The number of aryl methyl sites for hydroxylation is 2. The average Bonchev–Trinajstić information content (AvgIpc) is 3.00. The third-order valence-electron chi connectivity index (χ3n) is 4.81. The molecule has 0 saturated carbocycles. The fourth-order valence-electron chi connectivity index (χ4n) is 3.16. The summed E-state index contributed by atoms with van der Waals surface area (Å²) >= 11 is 0. The molecule has 1 aliphatic heterocycles. The van der Waals surface area contributed by atoms with Gasteiger partial charge in [0, 0.05) is 28.7 Å². The van der Waals surface area contributed by atoms with Crippen molar-refractivity contribution in [1.82, 2.24) is 21.2 Å². The Labute approximate surface area is 147 Å². The van der Waals surface area contributed by atoms with Crippen LogP contribution >= 0.6 is 0 Å². The van der Waals surface area contributed by atoms with Crippen molar-refractivity contribution in [3.63, 3.8) is 0 Å². The molecule has 1 fully saturated rings. The molecule has 0 radical (unpaired) electrons. The van der Waals surface area contributed by atoms with Crippen molar-refractivity contribution in [2.24, 2.45) is 0 Å². The van der Waals surface area contributed by atoms with E-state index in [0.29, 0.717) is 13.0 Å². The van der Waals surface area contributed by atoms with Crippen molar-refractivity contribution in [2.45, 2.75) is 39.3 Å². The molecule has 25 heavy (non-hydrogen) atoms. The Balaban J connectivity index is 1.55. The second kappa shape index (κ2) is 6.34. The SMILES string of the molecule is Cc1[nH]c2ccc(CNC(=O)NNC3(C)CCS(=O)(=O)C3)cc2c1C. The molecule has 4 N–H and O–H groups in total. The second-order valence-electron chi connectivity index (χ2n) is 7.09. The Morgan fingerprint density at radius 1 is 1.32 bits per heavy atom. The van der Waals surface area contributed by atoms with Crippen molar-refractivity contribution in [1.29, 1.82) is 0 Å². The van der Waals surface area contributed by atoms with Gasteiger partial charge in [0.15, 0.2) is 9.84 Å². The molecule has 7 nitrogen and oxygen atoms in total. The van der Waals surface area contributed by atoms with Gasteiger partial charge in [-0.1, -0.05) is 6.07 Å². The first-order chi connectivity index (χ1) is 11.7. The number of hydrazine groups is 1. The van der Waals surface area contributed by atoms with Crippen molar-refractivity contribution < 1.29 is 13.2 Å². The Hall–Kier alpha value is -2.06. The second-order valence-corrected chi connectivity index (χ2v) is 9.27. The summed E-state index contributed by atoms with van der Waals surface area (Å²) < 4.78 is 23.1. The number of benzene rings is 1. The zero-order valence-electron chi connectivity index (χ0n) is 14.7. The molecule has 1 aromatic carbocycles. The predicted molar refractivity (Wildman–Crippen MR) is 98.0 cm³/mol. The Morgan fingerprint density at radius 3 is 2.76 bits per heavy atom. The van der Waals surface area contributed by atoms with Gasteiger partial charge in [-0.3, -0.25) is 5.43 Å². The normalized spacial score (nSPS) is 22.2. The van der Waals surface area contributed by atoms with Crippen LogP contribution in [0.2, 0.25) is 0 Å². The first-order valence-electron chi connectivity index (χ1n) is 8.27. The van der Waals surface area contributed by atoms with Crippen LogP contribution in [0.25, 0.3) is 10.9 Å². The molecule has 1 saturated heterocycles. The van der Waals surface area contributed by atoms with E-state index in [9.17, 15) is 13.2 Å². The quantitative estimate of drug-likeness (QED) is 0.620. The summed E-state index contributed by atoms with van der Waals surface area (Å²) in [7, 11) is -3.02. The fraction of sp³-hybridized carbons (Fsp3) is 0.471. The molecule has 2 aromatic rings. The maximum absolute atomic E-state index is 12.0. The third kappa shape index (κ3) is 3.96. The molecule has 2 amide bonds. The van der Waals surface area contributed by atoms with Gasteiger partial charge in [0.2, 0.25) is 0 Å². The number of rotatable bonds is 4. The number of nitrogens with one attached hydrogen (secondary N) is 4. The minimum absolute atomic E-state index is 0.0308. The highest BCUT2D eigenvalue weighted by Crippen LogP contribution is 2.23. The van der Waals surface area contributed by atoms with Crippen LogP contribution in [0.1, 0.15) is 30.2 Å². The number of carbonyl (C=O) groups excluding carboxylic acids is 1. The van der Waals surface area contributed by atoms with Gasteiger partial charge < -0.3 is 10.3 Å². The van der Waals surface area contributed by atoms with Gasteiger partial charge in [0.1, 0.15) is 0 Å². The molecule has 1 atom stereocenters. The van der Waals surface area contributed by atoms with Gasteiger partial charge >= 0.3 is 6.03 Å². The van der Waals surface area contributed by atoms with E-state index in [1.54, 1.807) is 6.92 Å². The van der Waals surface area contributed by atoms with Crippen molar-refractivity contribution in [3.05, 3.63) is 35.0 Å². The number of hydrogen-bond acceptors (Lipinski definition) is 4. The molecular weight excluding hydrogens is 340 g/mol. The smallest absolute Gasteiger partial charge is 0.329 e. The molecule has 0 aliphatic carbocycles. The number of hydrogen-bond donors (Lipinski definition) is 4. The van der Waals surface area contributed by atoms with Crippen LogP contribution in [0.3, 0.4) is 0 Å². The molecule has 2 heterocycles. The lowest BCUT2D eigenvalue weighted by Gasteiger charge is -2.24. The van der Waals surface area contributed by atoms with Crippen LogP contribution in [0.4, 0.5) is 4.79 Å². The lowest BCUT2D eigenvalue weighted by Crippen LogP contribution is -2.55. The fourth-order valence-corrected chi connectivity index (χ4v) is 5.25. The number of H-pyrrole nitrogens is 1. The van der Waals surface area contributed by atoms with Crippen LogP contribution in [0, 0.1) is 13.8 Å². The number of urea groups is 1. The van der Waals surface area contributed by atoms with Gasteiger partial charge in [-0.2, -0.15) is 0 Å². The van der Waals surface area contributed by atoms with E-state index in [-0.39, 0.29) is 17.5 Å². The molecule has 0 spiro atoms. The number of carbonyl (C=O) groups is 1. The van der Waals surface area contributed by atoms with Crippen LogP contribution < -0.4 is 16.2 Å². The lowest BCUT2D eigenvalue weighted by atomic mass is 10.0. The first kappa shape index (κ1) is 17.8. The van der Waals surface area contributed by atoms with Crippen LogP contribution in [-0.4, -0.2) is 36.5 Å². The van der Waals surface area contributed by atoms with E-state index in [4.69, 9.17) is 0 Å². The summed E-state index contributed by atoms with van der Waals surface area (Å²) in [5.41, 5.74) is 9.21. The third-order valence-corrected chi connectivity index (χ3v) is 6.71. The predicted octanol–water partition coefficient (Wildman–Crippen LogP) is 1.67. The van der Waals surface area contributed by atoms with Crippen molar-refractivity contribution in [2.75, 3.05) is 11.5 Å². The van der Waals surface area contributed by atoms with Crippen molar-refractivity contribution in [3.8, 4) is 0 Å². The van der Waals surface area contributed by atoms with Crippen molar-refractivity contribution >= 4 is 26.8 Å². The summed E-state index contributed by atoms with van der Waals surface area (Å²) in [6.45, 7) is 6.29. The summed E-state index contributed by atoms with van der Waals surface area (Å²) in [6.07, 6.45) is 0.485. The van der Waals surface area contributed by atoms with Gasteiger partial charge in [0.05, 0.1) is 11.5 Å². The maximum Gasteiger partial charge on any atom is 0.329 e. The minimum atomic E-state index is -3.02. The molecule has 136 valence electrons. The molecule has 3 rings (SSSR count). The zero-order chi connectivity index (χ0) is 18.2. The highest BCUT2D eigenvalue weighted by atomic mass is 32.2. The Morgan fingerprint density at radius 2 is 2.08 bits per heavy atom.